The molecule has 0 radical (unpaired) electrons. The van der Waals surface area contributed by atoms with Crippen LogP contribution in [0.3, 0.4) is 0 Å². The largest absolute Gasteiger partial charge is 0.381 e. The van der Waals surface area contributed by atoms with Crippen LogP contribution in [0.1, 0.15) is 11.1 Å². The molecule has 0 aliphatic carbocycles. The molecule has 0 saturated carbocycles. The zero-order valence-corrected chi connectivity index (χ0v) is 12.3. The lowest BCUT2D eigenvalue weighted by atomic mass is 10.1. The topological polar surface area (TPSA) is 55.2 Å². The second-order valence-electron chi connectivity index (χ2n) is 4.32. The molecule has 0 bridgehead atoms. The van der Waals surface area contributed by atoms with Gasteiger partial charge in [-0.2, -0.15) is 0 Å². The minimum absolute atomic E-state index is 0.0141. The normalized spacial score (nSPS) is 10.3. The van der Waals surface area contributed by atoms with Crippen LogP contribution in [-0.4, -0.2) is 4.92 Å². The summed E-state index contributed by atoms with van der Waals surface area (Å²) in [5, 5.41) is 13.9. The van der Waals surface area contributed by atoms with Gasteiger partial charge in [-0.15, -0.1) is 0 Å². The van der Waals surface area contributed by atoms with Crippen LogP contribution in [-0.2, 0) is 6.54 Å². The number of rotatable bonds is 4. The van der Waals surface area contributed by atoms with Gasteiger partial charge in [0.1, 0.15) is 10.3 Å². The molecule has 2 rings (SSSR count). The number of nitro benzene ring substituents is 1. The number of hydrogen-bond acceptors (Lipinski definition) is 3. The molecule has 6 heteroatoms. The molecule has 0 aliphatic rings. The highest BCUT2D eigenvalue weighted by atomic mass is 79.9. The molecule has 0 aromatic heterocycles. The summed E-state index contributed by atoms with van der Waals surface area (Å²) in [6.07, 6.45) is 0. The Labute approximate surface area is 123 Å². The molecule has 1 N–H and O–H groups in total. The predicted molar refractivity (Wildman–Crippen MR) is 79.3 cm³/mol. The maximum Gasteiger partial charge on any atom is 0.283 e. The van der Waals surface area contributed by atoms with Crippen molar-refractivity contribution in [1.29, 1.82) is 0 Å². The first-order valence-corrected chi connectivity index (χ1v) is 6.70. The van der Waals surface area contributed by atoms with Gasteiger partial charge in [-0.1, -0.05) is 18.2 Å². The van der Waals surface area contributed by atoms with Crippen LogP contribution in [0, 0.1) is 22.9 Å². The zero-order valence-electron chi connectivity index (χ0n) is 10.7. The van der Waals surface area contributed by atoms with Gasteiger partial charge >= 0.3 is 0 Å². The van der Waals surface area contributed by atoms with Gasteiger partial charge in [0, 0.05) is 18.3 Å². The Hall–Kier alpha value is -1.95. The van der Waals surface area contributed by atoms with Crippen molar-refractivity contribution in [1.82, 2.24) is 0 Å². The van der Waals surface area contributed by atoms with Gasteiger partial charge in [-0.25, -0.2) is 4.39 Å². The summed E-state index contributed by atoms with van der Waals surface area (Å²) in [4.78, 5) is 10.4. The minimum Gasteiger partial charge on any atom is -0.381 e. The van der Waals surface area contributed by atoms with Crippen molar-refractivity contribution >= 4 is 27.3 Å². The van der Waals surface area contributed by atoms with E-state index in [4.69, 9.17) is 0 Å². The van der Waals surface area contributed by atoms with Crippen LogP contribution in [0.2, 0.25) is 0 Å². The lowest BCUT2D eigenvalue weighted by Gasteiger charge is -2.11. The molecule has 0 aliphatic heterocycles. The van der Waals surface area contributed by atoms with Crippen LogP contribution in [0.5, 0.6) is 0 Å². The van der Waals surface area contributed by atoms with Crippen LogP contribution in [0.4, 0.5) is 15.8 Å². The molecule has 4 nitrogen and oxygen atoms in total. The highest BCUT2D eigenvalue weighted by Crippen LogP contribution is 2.29. The van der Waals surface area contributed by atoms with E-state index < -0.39 is 4.92 Å². The van der Waals surface area contributed by atoms with Gasteiger partial charge in [0.25, 0.3) is 5.69 Å². The van der Waals surface area contributed by atoms with Crippen molar-refractivity contribution in [2.24, 2.45) is 0 Å². The first-order valence-electron chi connectivity index (χ1n) is 5.91. The van der Waals surface area contributed by atoms with E-state index in [0.717, 1.165) is 11.1 Å². The molecule has 20 heavy (non-hydrogen) atoms. The number of nitro groups is 1. The Morgan fingerprint density at radius 3 is 2.80 bits per heavy atom. The molecule has 2 aromatic carbocycles. The lowest BCUT2D eigenvalue weighted by molar-refractivity contribution is -0.385. The van der Waals surface area contributed by atoms with E-state index in [2.05, 4.69) is 21.2 Å². The van der Waals surface area contributed by atoms with E-state index in [1.807, 2.05) is 6.92 Å². The summed E-state index contributed by atoms with van der Waals surface area (Å²) in [5.41, 5.74) is 2.33. The summed E-state index contributed by atoms with van der Waals surface area (Å²) in [6, 6.07) is 9.31. The van der Waals surface area contributed by atoms with Gasteiger partial charge in [-0.05, 0) is 46.1 Å². The Bertz CT molecular complexity index is 662. The van der Waals surface area contributed by atoms with Crippen molar-refractivity contribution in [3.63, 3.8) is 0 Å². The lowest BCUT2D eigenvalue weighted by Crippen LogP contribution is -2.03. The number of anilines is 1. The monoisotopic (exact) mass is 338 g/mol. The van der Waals surface area contributed by atoms with Gasteiger partial charge in [0.15, 0.2) is 0 Å². The zero-order chi connectivity index (χ0) is 14.7. The van der Waals surface area contributed by atoms with Crippen molar-refractivity contribution in [3.05, 3.63) is 67.9 Å². The molecule has 0 spiro atoms. The highest BCUT2D eigenvalue weighted by Gasteiger charge is 2.14. The van der Waals surface area contributed by atoms with Gasteiger partial charge in [0.2, 0.25) is 0 Å². The summed E-state index contributed by atoms with van der Waals surface area (Å²) in [6.45, 7) is 2.23. The molecule has 0 heterocycles. The molecule has 0 saturated heterocycles. The number of halogens is 2. The fourth-order valence-corrected chi connectivity index (χ4v) is 2.37. The maximum absolute atomic E-state index is 13.2. The Morgan fingerprint density at radius 2 is 2.10 bits per heavy atom. The Morgan fingerprint density at radius 1 is 1.35 bits per heavy atom. The quantitative estimate of drug-likeness (QED) is 0.663. The van der Waals surface area contributed by atoms with Gasteiger partial charge < -0.3 is 5.32 Å². The number of benzene rings is 2. The number of aryl methyl sites for hydroxylation is 1. The van der Waals surface area contributed by atoms with E-state index >= 15 is 0 Å². The molecule has 0 unspecified atom stereocenters. The van der Waals surface area contributed by atoms with E-state index in [-0.39, 0.29) is 11.5 Å². The second kappa shape index (κ2) is 6.00. The third-order valence-electron chi connectivity index (χ3n) is 2.92. The molecule has 0 fully saturated rings. The van der Waals surface area contributed by atoms with Crippen molar-refractivity contribution in [2.45, 2.75) is 13.5 Å². The smallest absolute Gasteiger partial charge is 0.283 e. The summed E-state index contributed by atoms with van der Waals surface area (Å²) in [5.74, 6) is -0.323. The molecule has 2 aromatic rings. The van der Waals surface area contributed by atoms with Gasteiger partial charge in [0.05, 0.1) is 4.92 Å². The molecule has 0 atom stereocenters. The standard InChI is InChI=1S/C14H12BrFN2O2/c1-9-5-6-11(16)7-12(9)17-8-10-3-2-4-13(14(10)15)18(19)20/h2-7,17H,8H2,1H3. The fraction of sp³-hybridized carbons (Fsp3) is 0.143. The van der Waals surface area contributed by atoms with Gasteiger partial charge in [-0.3, -0.25) is 10.1 Å². The Kier molecular flexibility index (Phi) is 4.34. The summed E-state index contributed by atoms with van der Waals surface area (Å²) >= 11 is 3.23. The minimum atomic E-state index is -0.443. The number of nitrogens with zero attached hydrogens (tertiary/aromatic N) is 1. The Balaban J connectivity index is 2.21. The average Bonchev–Trinajstić information content (AvgIpc) is 2.41. The number of nitrogens with one attached hydrogen (secondary N) is 1. The predicted octanol–water partition coefficient (Wildman–Crippen LogP) is 4.42. The summed E-state index contributed by atoms with van der Waals surface area (Å²) < 4.78 is 13.6. The summed E-state index contributed by atoms with van der Waals surface area (Å²) in [7, 11) is 0. The highest BCUT2D eigenvalue weighted by molar-refractivity contribution is 9.10. The third-order valence-corrected chi connectivity index (χ3v) is 3.84. The fourth-order valence-electron chi connectivity index (χ4n) is 1.82. The van der Waals surface area contributed by atoms with E-state index in [9.17, 15) is 14.5 Å². The van der Waals surface area contributed by atoms with Crippen LogP contribution >= 0.6 is 15.9 Å². The first-order chi connectivity index (χ1) is 9.49. The van der Waals surface area contributed by atoms with Crippen LogP contribution < -0.4 is 5.32 Å². The maximum atomic E-state index is 13.2. The van der Waals surface area contributed by atoms with E-state index in [0.29, 0.717) is 16.7 Å². The third kappa shape index (κ3) is 3.14. The first kappa shape index (κ1) is 14.5. The van der Waals surface area contributed by atoms with Crippen molar-refractivity contribution in [3.8, 4) is 0 Å². The molecule has 104 valence electrons. The number of hydrogen-bond donors (Lipinski definition) is 1. The van der Waals surface area contributed by atoms with E-state index in [1.54, 1.807) is 18.2 Å². The SMILES string of the molecule is Cc1ccc(F)cc1NCc1cccc([N+](=O)[O-])c1Br. The van der Waals surface area contributed by atoms with E-state index in [1.165, 1.54) is 18.2 Å². The van der Waals surface area contributed by atoms with Crippen molar-refractivity contribution in [2.75, 3.05) is 5.32 Å². The second-order valence-corrected chi connectivity index (χ2v) is 5.11. The van der Waals surface area contributed by atoms with Crippen molar-refractivity contribution < 1.29 is 9.31 Å². The van der Waals surface area contributed by atoms with Crippen LogP contribution in [0.15, 0.2) is 40.9 Å². The average molecular weight is 339 g/mol. The van der Waals surface area contributed by atoms with Crippen LogP contribution in [0.25, 0.3) is 0 Å². The molecule has 0 amide bonds. The molecular formula is C14H12BrFN2O2. The molecular weight excluding hydrogens is 327 g/mol.